The lowest BCUT2D eigenvalue weighted by atomic mass is 9.93. The molecule has 0 heterocycles. The lowest BCUT2D eigenvalue weighted by molar-refractivity contribution is 0.0740. The number of sulfonamides is 1. The number of carbonyl (C=O) groups is 1. The largest absolute Gasteiger partial charge is 0.341 e. The third-order valence-electron chi connectivity index (χ3n) is 4.32. The minimum absolute atomic E-state index is 0. The van der Waals surface area contributed by atoms with Gasteiger partial charge >= 0.3 is 0 Å². The second kappa shape index (κ2) is 9.69. The normalized spacial score (nSPS) is 12.0. The van der Waals surface area contributed by atoms with Crippen LogP contribution in [-0.4, -0.2) is 56.8 Å². The summed E-state index contributed by atoms with van der Waals surface area (Å²) in [5.74, 6) is -0.211. The second-order valence-electron chi connectivity index (χ2n) is 7.10. The van der Waals surface area contributed by atoms with Crippen LogP contribution < -0.4 is 5.73 Å². The molecule has 1 aromatic rings. The van der Waals surface area contributed by atoms with Crippen molar-refractivity contribution in [3.63, 3.8) is 0 Å². The summed E-state index contributed by atoms with van der Waals surface area (Å²) in [7, 11) is -1.90. The van der Waals surface area contributed by atoms with Crippen LogP contribution in [0.5, 0.6) is 0 Å². The molecule has 0 unspecified atom stereocenters. The van der Waals surface area contributed by atoms with Gasteiger partial charge in [-0.1, -0.05) is 33.8 Å². The van der Waals surface area contributed by atoms with Gasteiger partial charge in [0.25, 0.3) is 5.91 Å². The van der Waals surface area contributed by atoms with Crippen molar-refractivity contribution >= 4 is 28.3 Å². The van der Waals surface area contributed by atoms with E-state index in [1.807, 2.05) is 13.8 Å². The molecule has 0 saturated heterocycles. The maximum atomic E-state index is 12.8. The number of nitrogens with zero attached hydrogens (tertiary/aromatic N) is 2. The van der Waals surface area contributed by atoms with Gasteiger partial charge in [0.15, 0.2) is 0 Å². The molecular formula is C18H32ClN3O3S. The van der Waals surface area contributed by atoms with Gasteiger partial charge in [0.2, 0.25) is 10.0 Å². The molecule has 1 rings (SSSR count). The predicted molar refractivity (Wildman–Crippen MR) is 108 cm³/mol. The third kappa shape index (κ3) is 5.67. The van der Waals surface area contributed by atoms with Crippen LogP contribution in [-0.2, 0) is 10.0 Å². The van der Waals surface area contributed by atoms with Crippen LogP contribution in [0, 0.1) is 12.3 Å². The first-order chi connectivity index (χ1) is 11.5. The van der Waals surface area contributed by atoms with Gasteiger partial charge in [-0.25, -0.2) is 8.42 Å². The maximum Gasteiger partial charge on any atom is 0.253 e. The van der Waals surface area contributed by atoms with Crippen LogP contribution in [0.25, 0.3) is 0 Å². The molecule has 26 heavy (non-hydrogen) atoms. The molecule has 0 saturated carbocycles. The Bertz CT molecular complexity index is 716. The molecule has 0 bridgehead atoms. The van der Waals surface area contributed by atoms with Crippen LogP contribution in [0.3, 0.4) is 0 Å². The van der Waals surface area contributed by atoms with E-state index in [2.05, 4.69) is 0 Å². The number of nitrogens with two attached hydrogens (primary N) is 1. The Morgan fingerprint density at radius 2 is 1.73 bits per heavy atom. The van der Waals surface area contributed by atoms with E-state index in [1.54, 1.807) is 44.9 Å². The van der Waals surface area contributed by atoms with Crippen molar-refractivity contribution in [3.8, 4) is 0 Å². The first-order valence-electron chi connectivity index (χ1n) is 8.56. The van der Waals surface area contributed by atoms with Gasteiger partial charge in [-0.2, -0.15) is 4.31 Å². The molecule has 0 spiro atoms. The molecule has 1 aromatic carbocycles. The zero-order valence-corrected chi connectivity index (χ0v) is 18.2. The highest BCUT2D eigenvalue weighted by molar-refractivity contribution is 7.89. The lowest BCUT2D eigenvalue weighted by Crippen LogP contribution is -2.39. The van der Waals surface area contributed by atoms with E-state index in [9.17, 15) is 13.2 Å². The molecule has 2 N–H and O–H groups in total. The molecule has 0 fully saturated rings. The summed E-state index contributed by atoms with van der Waals surface area (Å²) in [6.07, 6.45) is 0. The maximum absolute atomic E-state index is 12.8. The van der Waals surface area contributed by atoms with Crippen LogP contribution in [0.15, 0.2) is 23.1 Å². The van der Waals surface area contributed by atoms with Crippen molar-refractivity contribution in [2.45, 2.75) is 39.5 Å². The van der Waals surface area contributed by atoms with Gasteiger partial charge in [-0.15, -0.1) is 12.4 Å². The quantitative estimate of drug-likeness (QED) is 0.720. The number of aryl methyl sites for hydroxylation is 1. The molecule has 0 aliphatic carbocycles. The van der Waals surface area contributed by atoms with Gasteiger partial charge in [0.05, 0.1) is 4.90 Å². The summed E-state index contributed by atoms with van der Waals surface area (Å²) in [6, 6.07) is 4.84. The van der Waals surface area contributed by atoms with Gasteiger partial charge in [0, 0.05) is 32.2 Å². The van der Waals surface area contributed by atoms with E-state index in [-0.39, 0.29) is 28.6 Å². The van der Waals surface area contributed by atoms with Crippen molar-refractivity contribution in [1.82, 2.24) is 9.21 Å². The Morgan fingerprint density at radius 3 is 2.19 bits per heavy atom. The fourth-order valence-electron chi connectivity index (χ4n) is 2.71. The molecule has 0 aliphatic heterocycles. The fourth-order valence-corrected chi connectivity index (χ4v) is 4.42. The van der Waals surface area contributed by atoms with Crippen molar-refractivity contribution in [2.24, 2.45) is 11.1 Å². The first-order valence-corrected chi connectivity index (χ1v) is 10.0. The summed E-state index contributed by atoms with van der Waals surface area (Å²) in [5, 5.41) is 0. The van der Waals surface area contributed by atoms with E-state index in [0.717, 1.165) is 0 Å². The van der Waals surface area contributed by atoms with Gasteiger partial charge in [-0.3, -0.25) is 4.79 Å². The minimum Gasteiger partial charge on any atom is -0.341 e. The molecule has 0 aliphatic rings. The molecule has 6 nitrogen and oxygen atoms in total. The third-order valence-corrected chi connectivity index (χ3v) is 6.51. The topological polar surface area (TPSA) is 83.7 Å². The number of benzene rings is 1. The zero-order chi connectivity index (χ0) is 19.4. The SMILES string of the molecule is CCN(CC)S(=O)(=O)c1cc(C(=O)N(C)CC(C)(C)CN)ccc1C.Cl. The summed E-state index contributed by atoms with van der Waals surface area (Å²) in [5.41, 5.74) is 6.53. The highest BCUT2D eigenvalue weighted by Gasteiger charge is 2.26. The Hall–Kier alpha value is -1.15. The molecule has 8 heteroatoms. The predicted octanol–water partition coefficient (Wildman–Crippen LogP) is 2.50. The minimum atomic E-state index is -3.61. The number of amides is 1. The van der Waals surface area contributed by atoms with Crippen LogP contribution in [0.1, 0.15) is 43.6 Å². The number of hydrogen-bond acceptors (Lipinski definition) is 4. The Morgan fingerprint density at radius 1 is 1.19 bits per heavy atom. The van der Waals surface area contributed by atoms with E-state index >= 15 is 0 Å². The average Bonchev–Trinajstić information content (AvgIpc) is 2.54. The van der Waals surface area contributed by atoms with Gasteiger partial charge in [0.1, 0.15) is 0 Å². The molecule has 0 radical (unpaired) electrons. The van der Waals surface area contributed by atoms with Crippen LogP contribution in [0.4, 0.5) is 0 Å². The zero-order valence-electron chi connectivity index (χ0n) is 16.6. The summed E-state index contributed by atoms with van der Waals surface area (Å²) in [6.45, 7) is 11.1. The summed E-state index contributed by atoms with van der Waals surface area (Å²) in [4.78, 5) is 14.5. The standard InChI is InChI=1S/C18H31N3O3S.ClH/c1-7-21(8-2)25(23,24)16-11-15(10-9-14(16)3)17(22)20(6)13-18(4,5)12-19;/h9-11H,7-8,12-13,19H2,1-6H3;1H. The van der Waals surface area contributed by atoms with E-state index in [0.29, 0.717) is 37.3 Å². The average molecular weight is 406 g/mol. The van der Waals surface area contributed by atoms with Gasteiger partial charge in [-0.05, 0) is 36.6 Å². The second-order valence-corrected chi connectivity index (χ2v) is 9.01. The van der Waals surface area contributed by atoms with Gasteiger partial charge < -0.3 is 10.6 Å². The Labute approximate surface area is 164 Å². The lowest BCUT2D eigenvalue weighted by Gasteiger charge is -2.29. The molecule has 0 atom stereocenters. The van der Waals surface area contributed by atoms with Crippen LogP contribution >= 0.6 is 12.4 Å². The molecule has 150 valence electrons. The highest BCUT2D eigenvalue weighted by Crippen LogP contribution is 2.23. The summed E-state index contributed by atoms with van der Waals surface area (Å²) >= 11 is 0. The van der Waals surface area contributed by atoms with E-state index in [1.165, 1.54) is 10.4 Å². The van der Waals surface area contributed by atoms with Crippen LogP contribution in [0.2, 0.25) is 0 Å². The smallest absolute Gasteiger partial charge is 0.253 e. The van der Waals surface area contributed by atoms with E-state index < -0.39 is 10.0 Å². The van der Waals surface area contributed by atoms with Crippen molar-refractivity contribution in [2.75, 3.05) is 33.2 Å². The number of hydrogen-bond donors (Lipinski definition) is 1. The monoisotopic (exact) mass is 405 g/mol. The summed E-state index contributed by atoms with van der Waals surface area (Å²) < 4.78 is 27.0. The van der Waals surface area contributed by atoms with Crippen molar-refractivity contribution in [3.05, 3.63) is 29.3 Å². The first kappa shape index (κ1) is 24.8. The highest BCUT2D eigenvalue weighted by atomic mass is 35.5. The van der Waals surface area contributed by atoms with Crippen molar-refractivity contribution < 1.29 is 13.2 Å². The number of rotatable bonds is 8. The number of halogens is 1. The van der Waals surface area contributed by atoms with E-state index in [4.69, 9.17) is 5.73 Å². The Kier molecular flexibility index (Phi) is 9.26. The molecule has 1 amide bonds. The van der Waals surface area contributed by atoms with Crippen molar-refractivity contribution in [1.29, 1.82) is 0 Å². The number of carbonyl (C=O) groups excluding carboxylic acids is 1. The molecular weight excluding hydrogens is 374 g/mol. The molecule has 0 aromatic heterocycles. The fraction of sp³-hybridized carbons (Fsp3) is 0.611. The Balaban J connectivity index is 0.00000625.